The van der Waals surface area contributed by atoms with Crippen LogP contribution in [0, 0.1) is 22.7 Å². The van der Waals surface area contributed by atoms with Gasteiger partial charge in [-0.1, -0.05) is 12.1 Å². The molecule has 0 atom stereocenters. The standard InChI is InChI=1S/C12H14N4O2S/c1-15(2)19(17,18)16(7-6-13)10-12-5-3-4-11(8-12)9-14/h3-5,8H,7,10H2,1-2H3. The lowest BCUT2D eigenvalue weighted by Gasteiger charge is -2.23. The van der Waals surface area contributed by atoms with Gasteiger partial charge in [-0.05, 0) is 17.7 Å². The highest BCUT2D eigenvalue weighted by atomic mass is 32.2. The number of hydrogen-bond acceptors (Lipinski definition) is 4. The third kappa shape index (κ3) is 3.76. The molecule has 0 saturated heterocycles. The van der Waals surface area contributed by atoms with Gasteiger partial charge in [0.15, 0.2) is 0 Å². The average molecular weight is 278 g/mol. The first-order valence-corrected chi connectivity index (χ1v) is 6.85. The molecule has 19 heavy (non-hydrogen) atoms. The lowest BCUT2D eigenvalue weighted by Crippen LogP contribution is -2.39. The molecule has 0 aliphatic rings. The lowest BCUT2D eigenvalue weighted by molar-refractivity contribution is 0.396. The maximum Gasteiger partial charge on any atom is 0.282 e. The first-order valence-electron chi connectivity index (χ1n) is 5.45. The molecule has 0 aliphatic carbocycles. The third-order valence-corrected chi connectivity index (χ3v) is 4.28. The summed E-state index contributed by atoms with van der Waals surface area (Å²) in [5, 5.41) is 17.5. The van der Waals surface area contributed by atoms with Crippen molar-refractivity contribution in [3.8, 4) is 12.1 Å². The number of nitriles is 2. The van der Waals surface area contributed by atoms with Gasteiger partial charge in [-0.25, -0.2) is 0 Å². The van der Waals surface area contributed by atoms with Crippen LogP contribution < -0.4 is 0 Å². The molecule has 0 aliphatic heterocycles. The van der Waals surface area contributed by atoms with Gasteiger partial charge >= 0.3 is 0 Å². The zero-order chi connectivity index (χ0) is 14.5. The normalized spacial score (nSPS) is 11.3. The van der Waals surface area contributed by atoms with E-state index in [0.717, 1.165) is 8.61 Å². The molecular weight excluding hydrogens is 264 g/mol. The van der Waals surface area contributed by atoms with E-state index < -0.39 is 10.2 Å². The quantitative estimate of drug-likeness (QED) is 0.741. The minimum Gasteiger partial charge on any atom is -0.197 e. The van der Waals surface area contributed by atoms with Crippen LogP contribution in [0.2, 0.25) is 0 Å². The molecule has 0 amide bonds. The summed E-state index contributed by atoms with van der Waals surface area (Å²) in [7, 11) is -0.841. The van der Waals surface area contributed by atoms with Crippen molar-refractivity contribution in [3.05, 3.63) is 35.4 Å². The van der Waals surface area contributed by atoms with E-state index in [1.54, 1.807) is 24.3 Å². The zero-order valence-corrected chi connectivity index (χ0v) is 11.6. The smallest absolute Gasteiger partial charge is 0.197 e. The van der Waals surface area contributed by atoms with Crippen molar-refractivity contribution < 1.29 is 8.42 Å². The van der Waals surface area contributed by atoms with Crippen LogP contribution in [0.1, 0.15) is 11.1 Å². The van der Waals surface area contributed by atoms with Gasteiger partial charge in [0, 0.05) is 20.6 Å². The van der Waals surface area contributed by atoms with Crippen molar-refractivity contribution in [2.75, 3.05) is 20.6 Å². The maximum atomic E-state index is 12.0. The van der Waals surface area contributed by atoms with Crippen molar-refractivity contribution in [2.45, 2.75) is 6.54 Å². The minimum absolute atomic E-state index is 0.0591. The Morgan fingerprint density at radius 2 is 1.95 bits per heavy atom. The molecule has 0 N–H and O–H groups in total. The van der Waals surface area contributed by atoms with E-state index in [4.69, 9.17) is 10.5 Å². The van der Waals surface area contributed by atoms with E-state index in [-0.39, 0.29) is 13.1 Å². The minimum atomic E-state index is -3.66. The monoisotopic (exact) mass is 278 g/mol. The fourth-order valence-corrected chi connectivity index (χ4v) is 2.47. The molecule has 0 heterocycles. The summed E-state index contributed by atoms with van der Waals surface area (Å²) in [5.41, 5.74) is 1.12. The number of hydrogen-bond donors (Lipinski definition) is 0. The largest absolute Gasteiger partial charge is 0.282 e. The molecule has 7 heteroatoms. The van der Waals surface area contributed by atoms with Crippen LogP contribution >= 0.6 is 0 Å². The number of nitrogens with zero attached hydrogens (tertiary/aromatic N) is 4. The fraction of sp³-hybridized carbons (Fsp3) is 0.333. The number of rotatable bonds is 5. The highest BCUT2D eigenvalue weighted by molar-refractivity contribution is 7.86. The molecule has 0 spiro atoms. The predicted molar refractivity (Wildman–Crippen MR) is 69.8 cm³/mol. The summed E-state index contributed by atoms with van der Waals surface area (Å²) in [5.74, 6) is 0. The van der Waals surface area contributed by atoms with Gasteiger partial charge in [-0.15, -0.1) is 0 Å². The summed E-state index contributed by atoms with van der Waals surface area (Å²) in [6.07, 6.45) is 0. The van der Waals surface area contributed by atoms with Crippen LogP contribution in [-0.4, -0.2) is 37.7 Å². The van der Waals surface area contributed by atoms with Gasteiger partial charge in [-0.3, -0.25) is 0 Å². The Labute approximate surface area is 113 Å². The van der Waals surface area contributed by atoms with Crippen molar-refractivity contribution in [1.29, 1.82) is 10.5 Å². The van der Waals surface area contributed by atoms with Crippen LogP contribution in [-0.2, 0) is 16.8 Å². The second-order valence-electron chi connectivity index (χ2n) is 4.03. The highest BCUT2D eigenvalue weighted by Crippen LogP contribution is 2.12. The van der Waals surface area contributed by atoms with Crippen LogP contribution in [0.4, 0.5) is 0 Å². The van der Waals surface area contributed by atoms with E-state index in [9.17, 15) is 8.42 Å². The van der Waals surface area contributed by atoms with Crippen molar-refractivity contribution in [2.24, 2.45) is 0 Å². The second-order valence-corrected chi connectivity index (χ2v) is 6.17. The van der Waals surface area contributed by atoms with E-state index in [2.05, 4.69) is 0 Å². The molecule has 0 saturated carbocycles. The summed E-state index contributed by atoms with van der Waals surface area (Å²) in [6.45, 7) is -0.180. The van der Waals surface area contributed by atoms with Gasteiger partial charge < -0.3 is 0 Å². The summed E-state index contributed by atoms with van der Waals surface area (Å²) >= 11 is 0. The lowest BCUT2D eigenvalue weighted by atomic mass is 10.1. The predicted octanol–water partition coefficient (Wildman–Crippen LogP) is 0.690. The molecule has 0 aromatic heterocycles. The molecular formula is C12H14N4O2S. The Kier molecular flexibility index (Phi) is 5.02. The van der Waals surface area contributed by atoms with Crippen LogP contribution in [0.15, 0.2) is 24.3 Å². The van der Waals surface area contributed by atoms with Gasteiger partial charge in [0.1, 0.15) is 6.54 Å². The maximum absolute atomic E-state index is 12.0. The van der Waals surface area contributed by atoms with Crippen LogP contribution in [0.5, 0.6) is 0 Å². The molecule has 1 aromatic carbocycles. The van der Waals surface area contributed by atoms with Gasteiger partial charge in [0.25, 0.3) is 10.2 Å². The second kappa shape index (κ2) is 6.30. The van der Waals surface area contributed by atoms with Crippen LogP contribution in [0.25, 0.3) is 0 Å². The molecule has 0 bridgehead atoms. The van der Waals surface area contributed by atoms with Crippen molar-refractivity contribution in [3.63, 3.8) is 0 Å². The summed E-state index contributed by atoms with van der Waals surface area (Å²) < 4.78 is 26.1. The van der Waals surface area contributed by atoms with E-state index in [0.29, 0.717) is 11.1 Å². The SMILES string of the molecule is CN(C)S(=O)(=O)N(CC#N)Cc1cccc(C#N)c1. The Bertz CT molecular complexity index is 626. The molecule has 1 rings (SSSR count). The van der Waals surface area contributed by atoms with Gasteiger partial charge in [0.2, 0.25) is 0 Å². The van der Waals surface area contributed by atoms with Gasteiger partial charge in [-0.2, -0.15) is 27.6 Å². The molecule has 6 nitrogen and oxygen atoms in total. The molecule has 0 unspecified atom stereocenters. The van der Waals surface area contributed by atoms with E-state index in [1.807, 2.05) is 12.1 Å². The Morgan fingerprint density at radius 3 is 2.47 bits per heavy atom. The van der Waals surface area contributed by atoms with E-state index in [1.165, 1.54) is 14.1 Å². The summed E-state index contributed by atoms with van der Waals surface area (Å²) in [4.78, 5) is 0. The van der Waals surface area contributed by atoms with E-state index >= 15 is 0 Å². The number of benzene rings is 1. The molecule has 0 radical (unpaired) electrons. The van der Waals surface area contributed by atoms with Crippen molar-refractivity contribution >= 4 is 10.2 Å². The van der Waals surface area contributed by atoms with Gasteiger partial charge in [0.05, 0.1) is 17.7 Å². The first-order chi connectivity index (χ1) is 8.91. The molecule has 100 valence electrons. The average Bonchev–Trinajstić information content (AvgIpc) is 2.38. The summed E-state index contributed by atoms with van der Waals surface area (Å²) in [6, 6.07) is 10.5. The molecule has 0 fully saturated rings. The highest BCUT2D eigenvalue weighted by Gasteiger charge is 2.24. The Morgan fingerprint density at radius 1 is 1.26 bits per heavy atom. The fourth-order valence-electron chi connectivity index (χ4n) is 1.47. The Hall–Kier alpha value is -1.93. The first kappa shape index (κ1) is 15.1. The van der Waals surface area contributed by atoms with Crippen molar-refractivity contribution in [1.82, 2.24) is 8.61 Å². The topological polar surface area (TPSA) is 88.2 Å². The third-order valence-electron chi connectivity index (χ3n) is 2.45. The molecule has 1 aromatic rings. The zero-order valence-electron chi connectivity index (χ0n) is 10.7. The van der Waals surface area contributed by atoms with Crippen LogP contribution in [0.3, 0.4) is 0 Å². The Balaban J connectivity index is 3.04.